The summed E-state index contributed by atoms with van der Waals surface area (Å²) in [6.45, 7) is 16.1. The molecular weight excluding hydrogens is 713 g/mol. The maximum atomic E-state index is 13.4. The van der Waals surface area contributed by atoms with Gasteiger partial charge in [0.15, 0.2) is 10.9 Å². The molecule has 13 heteroatoms. The number of hydrogen-bond acceptors (Lipinski definition) is 12. The number of para-hydroxylation sites is 1. The molecule has 0 radical (unpaired) electrons. The first-order valence-corrected chi connectivity index (χ1v) is 20.1. The molecular formula is C42H54N8O4S. The largest absolute Gasteiger partial charge is 0.394 e. The highest BCUT2D eigenvalue weighted by molar-refractivity contribution is 7.22. The molecule has 2 saturated carbocycles. The predicted octanol–water partition coefficient (Wildman–Crippen LogP) is 7.04. The number of nitrogens with zero attached hydrogens (tertiary/aromatic N) is 6. The second-order valence-electron chi connectivity index (χ2n) is 17.5. The van der Waals surface area contributed by atoms with Gasteiger partial charge in [-0.2, -0.15) is 5.10 Å². The third-order valence-corrected chi connectivity index (χ3v) is 12.2. The first-order valence-electron chi connectivity index (χ1n) is 19.3. The zero-order valence-corrected chi connectivity index (χ0v) is 33.7. The number of anilines is 2. The van der Waals surface area contributed by atoms with E-state index in [0.29, 0.717) is 42.8 Å². The Bertz CT molecular complexity index is 2110. The molecule has 55 heavy (non-hydrogen) atoms. The lowest BCUT2D eigenvalue weighted by Crippen LogP contribution is -2.57. The van der Waals surface area contributed by atoms with Crippen LogP contribution in [0.4, 0.5) is 10.9 Å². The van der Waals surface area contributed by atoms with Gasteiger partial charge < -0.3 is 25.6 Å². The minimum absolute atomic E-state index is 0.0244. The van der Waals surface area contributed by atoms with Gasteiger partial charge in [0.25, 0.3) is 0 Å². The first kappa shape index (κ1) is 39.1. The Kier molecular flexibility index (Phi) is 11.0. The van der Waals surface area contributed by atoms with E-state index in [1.807, 2.05) is 43.5 Å². The molecule has 4 aromatic heterocycles. The van der Waals surface area contributed by atoms with E-state index in [1.54, 1.807) is 18.3 Å². The van der Waals surface area contributed by atoms with Gasteiger partial charge in [-0.3, -0.25) is 14.5 Å². The molecule has 12 nitrogen and oxygen atoms in total. The van der Waals surface area contributed by atoms with Crippen molar-refractivity contribution in [1.82, 2.24) is 35.3 Å². The molecule has 0 spiro atoms. The Morgan fingerprint density at radius 2 is 1.80 bits per heavy atom. The molecule has 0 amide bonds. The third kappa shape index (κ3) is 8.81. The number of aliphatic hydroxyl groups excluding tert-OH is 2. The fraction of sp³-hybridized carbons (Fsp3) is 0.524. The van der Waals surface area contributed by atoms with Crippen molar-refractivity contribution in [3.05, 3.63) is 77.5 Å². The summed E-state index contributed by atoms with van der Waals surface area (Å²) in [4.78, 5) is 22.6. The van der Waals surface area contributed by atoms with E-state index in [0.717, 1.165) is 71.2 Å². The number of aryl methyl sites for hydroxylation is 1. The molecule has 4 atom stereocenters. The van der Waals surface area contributed by atoms with E-state index in [9.17, 15) is 9.90 Å². The topological polar surface area (TPSA) is 160 Å². The van der Waals surface area contributed by atoms with Crippen molar-refractivity contribution in [3.8, 4) is 11.1 Å². The van der Waals surface area contributed by atoms with E-state index in [2.05, 4.69) is 70.1 Å². The SMILES string of the molecule is Cc1cc(C(=O)c2ccc(-c3cnn(CC4(C)CC5(C)CC(C)(C)CC(OCCNCCC(O)CO)(C4)C5)c3C)cn2)nnc1Nc1nc2ccccc2s1. The van der Waals surface area contributed by atoms with Crippen molar-refractivity contribution in [2.75, 3.05) is 31.6 Å². The van der Waals surface area contributed by atoms with Crippen molar-refractivity contribution in [2.45, 2.75) is 98.3 Å². The van der Waals surface area contributed by atoms with Gasteiger partial charge in [0.1, 0.15) is 11.4 Å². The number of nitrogens with one attached hydrogen (secondary N) is 2. The molecule has 4 heterocycles. The van der Waals surface area contributed by atoms with Crippen LogP contribution in [0.2, 0.25) is 0 Å². The number of benzene rings is 1. The molecule has 2 aliphatic carbocycles. The van der Waals surface area contributed by atoms with Crippen molar-refractivity contribution in [3.63, 3.8) is 0 Å². The molecule has 4 unspecified atom stereocenters. The summed E-state index contributed by atoms with van der Waals surface area (Å²) in [6.07, 6.45) is 8.76. The van der Waals surface area contributed by atoms with Crippen LogP contribution in [0, 0.1) is 30.1 Å². The summed E-state index contributed by atoms with van der Waals surface area (Å²) in [5.74, 6) is 0.263. The number of carbonyl (C=O) groups is 1. The molecule has 2 bridgehead atoms. The summed E-state index contributed by atoms with van der Waals surface area (Å²) >= 11 is 1.54. The number of thiazole rings is 1. The number of pyridine rings is 1. The van der Waals surface area contributed by atoms with Crippen molar-refractivity contribution in [2.24, 2.45) is 16.2 Å². The molecule has 4 N–H and O–H groups in total. The summed E-state index contributed by atoms with van der Waals surface area (Å²) in [7, 11) is 0. The van der Waals surface area contributed by atoms with Crippen molar-refractivity contribution in [1.29, 1.82) is 0 Å². The predicted molar refractivity (Wildman–Crippen MR) is 216 cm³/mol. The smallest absolute Gasteiger partial charge is 0.231 e. The molecule has 7 rings (SSSR count). The molecule has 5 aromatic rings. The fourth-order valence-electron chi connectivity index (χ4n) is 10.0. The number of rotatable bonds is 15. The summed E-state index contributed by atoms with van der Waals surface area (Å²) < 4.78 is 10.1. The van der Waals surface area contributed by atoms with E-state index < -0.39 is 6.10 Å². The Balaban J connectivity index is 1.01. The maximum Gasteiger partial charge on any atom is 0.231 e. The number of ether oxygens (including phenoxy) is 1. The Hall–Kier alpha value is -4.14. The van der Waals surface area contributed by atoms with E-state index in [1.165, 1.54) is 11.3 Å². The number of carbonyl (C=O) groups excluding carboxylic acids is 1. The van der Waals surface area contributed by atoms with E-state index in [-0.39, 0.29) is 39.9 Å². The van der Waals surface area contributed by atoms with Crippen molar-refractivity contribution < 1.29 is 19.7 Å². The normalized spacial score (nSPS) is 23.9. The number of aromatic nitrogens is 6. The van der Waals surface area contributed by atoms with Crippen LogP contribution >= 0.6 is 11.3 Å². The lowest BCUT2D eigenvalue weighted by Gasteiger charge is -2.61. The van der Waals surface area contributed by atoms with Gasteiger partial charge in [-0.25, -0.2) is 4.98 Å². The molecule has 0 saturated heterocycles. The van der Waals surface area contributed by atoms with Gasteiger partial charge in [0.2, 0.25) is 5.78 Å². The summed E-state index contributed by atoms with van der Waals surface area (Å²) in [5.41, 5.74) is 5.27. The van der Waals surface area contributed by atoms with Crippen molar-refractivity contribution >= 4 is 38.3 Å². The standard InChI is InChI=1S/C42H54N8O4S/c1-27-17-34(48-49-37(27)47-38-46-32-9-7-8-10-35(32)55-38)36(53)33-12-11-29(18-44-33)31-19-45-50(28(31)2)26-41(6)23-40(5)21-39(3,4)22-42(24-40,25-41)54-16-15-43-14-13-30(52)20-51/h7-12,17-19,30,43,51-52H,13-16,20-26H2,1-6H3,(H,46,47,49). The maximum absolute atomic E-state index is 13.4. The monoisotopic (exact) mass is 766 g/mol. The van der Waals surface area contributed by atoms with Crippen LogP contribution in [0.25, 0.3) is 21.3 Å². The Morgan fingerprint density at radius 1 is 0.982 bits per heavy atom. The van der Waals surface area contributed by atoms with Gasteiger partial charge in [-0.05, 0) is 105 Å². The molecule has 0 aliphatic heterocycles. The number of fused-ring (bicyclic) bond motifs is 3. The number of ketones is 1. The van der Waals surface area contributed by atoms with Crippen LogP contribution in [-0.2, 0) is 11.3 Å². The minimum Gasteiger partial charge on any atom is -0.394 e. The van der Waals surface area contributed by atoms with E-state index in [4.69, 9.17) is 14.9 Å². The highest BCUT2D eigenvalue weighted by atomic mass is 32.1. The molecule has 2 fully saturated rings. The average molecular weight is 767 g/mol. The zero-order chi connectivity index (χ0) is 39.0. The number of aliphatic hydroxyl groups is 2. The van der Waals surface area contributed by atoms with Crippen LogP contribution in [-0.4, -0.2) is 84.0 Å². The fourth-order valence-corrected chi connectivity index (χ4v) is 10.9. The van der Waals surface area contributed by atoms with Crippen LogP contribution in [0.1, 0.15) is 93.7 Å². The van der Waals surface area contributed by atoms with Crippen LogP contribution < -0.4 is 10.6 Å². The van der Waals surface area contributed by atoms with Gasteiger partial charge in [0, 0.05) is 36.1 Å². The van der Waals surface area contributed by atoms with Crippen LogP contribution in [0.15, 0.2) is 54.9 Å². The molecule has 1 aromatic carbocycles. The number of hydrogen-bond donors (Lipinski definition) is 4. The van der Waals surface area contributed by atoms with Gasteiger partial charge in [-0.1, -0.05) is 57.2 Å². The second-order valence-corrected chi connectivity index (χ2v) is 18.5. The van der Waals surface area contributed by atoms with E-state index >= 15 is 0 Å². The lowest BCUT2D eigenvalue weighted by atomic mass is 9.48. The van der Waals surface area contributed by atoms with Crippen LogP contribution in [0.3, 0.4) is 0 Å². The summed E-state index contributed by atoms with van der Waals surface area (Å²) in [6, 6.07) is 13.3. The zero-order valence-electron chi connectivity index (χ0n) is 32.9. The van der Waals surface area contributed by atoms with Crippen LogP contribution in [0.5, 0.6) is 0 Å². The third-order valence-electron chi connectivity index (χ3n) is 11.3. The minimum atomic E-state index is -0.689. The highest BCUT2D eigenvalue weighted by Crippen LogP contribution is 2.63. The van der Waals surface area contributed by atoms with Gasteiger partial charge >= 0.3 is 0 Å². The molecule has 2 aliphatic rings. The highest BCUT2D eigenvalue weighted by Gasteiger charge is 2.58. The Morgan fingerprint density at radius 3 is 2.55 bits per heavy atom. The summed E-state index contributed by atoms with van der Waals surface area (Å²) in [5, 5.41) is 39.5. The average Bonchev–Trinajstić information content (AvgIpc) is 3.70. The van der Waals surface area contributed by atoms with Gasteiger partial charge in [-0.15, -0.1) is 10.2 Å². The molecule has 292 valence electrons. The lowest BCUT2D eigenvalue weighted by molar-refractivity contribution is -0.192. The Labute approximate surface area is 327 Å². The first-order chi connectivity index (χ1) is 26.2. The quantitative estimate of drug-likeness (QED) is 0.0639. The second kappa shape index (κ2) is 15.4. The van der Waals surface area contributed by atoms with Gasteiger partial charge in [0.05, 0.1) is 41.3 Å².